The van der Waals surface area contributed by atoms with Crippen LogP contribution >= 0.6 is 23.1 Å². The molecule has 0 fully saturated rings. The number of aromatic nitrogens is 2. The van der Waals surface area contributed by atoms with Gasteiger partial charge in [0.05, 0.1) is 24.7 Å². The second-order valence-corrected chi connectivity index (χ2v) is 8.62. The number of hydrogen-bond acceptors (Lipinski definition) is 9. The Kier molecular flexibility index (Phi) is 5.30. The lowest BCUT2D eigenvalue weighted by Crippen LogP contribution is -2.38. The second kappa shape index (κ2) is 7.89. The normalized spacial score (nSPS) is 19.3. The number of methoxy groups -OCH3 is 1. The number of hydrogen-bond donors (Lipinski definition) is 1. The van der Waals surface area contributed by atoms with E-state index in [4.69, 9.17) is 10.5 Å². The maximum atomic E-state index is 13.1. The van der Waals surface area contributed by atoms with E-state index in [9.17, 15) is 10.1 Å². The van der Waals surface area contributed by atoms with Crippen molar-refractivity contribution in [2.75, 3.05) is 18.3 Å². The smallest absolute Gasteiger partial charge is 0.219 e. The minimum absolute atomic E-state index is 0.0296. The van der Waals surface area contributed by atoms with Crippen LogP contribution in [0.15, 0.2) is 51.3 Å². The fraction of sp³-hybridized carbons (Fsp3) is 0.300. The van der Waals surface area contributed by atoms with Gasteiger partial charge in [-0.25, -0.2) is 0 Å². The van der Waals surface area contributed by atoms with E-state index in [1.165, 1.54) is 23.1 Å². The highest BCUT2D eigenvalue weighted by Crippen LogP contribution is 2.48. The van der Waals surface area contributed by atoms with Gasteiger partial charge >= 0.3 is 0 Å². The summed E-state index contributed by atoms with van der Waals surface area (Å²) in [6.07, 6.45) is 3.78. The molecule has 1 aromatic carbocycles. The monoisotopic (exact) mass is 425 g/mol. The van der Waals surface area contributed by atoms with Crippen molar-refractivity contribution in [3.63, 3.8) is 0 Å². The molecule has 2 heterocycles. The lowest BCUT2D eigenvalue weighted by Gasteiger charge is -2.38. The number of nitriles is 1. The molecule has 2 N–H and O–H groups in total. The van der Waals surface area contributed by atoms with Crippen molar-refractivity contribution >= 4 is 34.0 Å². The molecule has 0 spiro atoms. The van der Waals surface area contributed by atoms with Gasteiger partial charge in [0.15, 0.2) is 10.1 Å². The van der Waals surface area contributed by atoms with Crippen molar-refractivity contribution in [3.05, 3.63) is 52.5 Å². The molecule has 29 heavy (non-hydrogen) atoms. The number of carbonyl (C=O) groups is 1. The van der Waals surface area contributed by atoms with Crippen LogP contribution in [0.2, 0.25) is 0 Å². The third-order valence-corrected chi connectivity index (χ3v) is 7.01. The number of para-hydroxylation sites is 1. The molecule has 0 amide bonds. The Labute approximate surface area is 176 Å². The van der Waals surface area contributed by atoms with Gasteiger partial charge in [0.2, 0.25) is 5.13 Å². The minimum Gasteiger partial charge on any atom is -0.496 e. The first kappa shape index (κ1) is 19.5. The van der Waals surface area contributed by atoms with Gasteiger partial charge in [0.25, 0.3) is 0 Å². The Morgan fingerprint density at radius 2 is 2.14 bits per heavy atom. The summed E-state index contributed by atoms with van der Waals surface area (Å²) in [7, 11) is 1.58. The summed E-state index contributed by atoms with van der Waals surface area (Å²) in [6.45, 7) is 0. The SMILES string of the molecule is COc1ccccc1C1C(C#N)=C(N)N(c2nnc(SC)s2)C2=C1C(=O)CCC2. The van der Waals surface area contributed by atoms with E-state index in [0.29, 0.717) is 40.7 Å². The first-order chi connectivity index (χ1) is 14.1. The number of Topliss-reactive ketones (excluding diaryl/α,β-unsaturated/α-hetero) is 1. The lowest BCUT2D eigenvalue weighted by molar-refractivity contribution is -0.116. The summed E-state index contributed by atoms with van der Waals surface area (Å²) in [5.41, 5.74) is 9.01. The largest absolute Gasteiger partial charge is 0.496 e. The number of rotatable bonds is 4. The quantitative estimate of drug-likeness (QED) is 0.741. The molecule has 1 unspecified atom stereocenters. The van der Waals surface area contributed by atoms with E-state index in [2.05, 4.69) is 16.3 Å². The van der Waals surface area contributed by atoms with Crippen molar-refractivity contribution in [3.8, 4) is 11.8 Å². The van der Waals surface area contributed by atoms with Gasteiger partial charge < -0.3 is 10.5 Å². The van der Waals surface area contributed by atoms with Crippen molar-refractivity contribution in [2.24, 2.45) is 5.73 Å². The highest BCUT2D eigenvalue weighted by molar-refractivity contribution is 8.00. The van der Waals surface area contributed by atoms with E-state index < -0.39 is 5.92 Å². The van der Waals surface area contributed by atoms with Gasteiger partial charge in [0.1, 0.15) is 11.6 Å². The Hall–Kier alpha value is -2.83. The van der Waals surface area contributed by atoms with Crippen LogP contribution in [-0.4, -0.2) is 29.3 Å². The summed E-state index contributed by atoms with van der Waals surface area (Å²) in [6, 6.07) is 9.70. The maximum Gasteiger partial charge on any atom is 0.219 e. The summed E-state index contributed by atoms with van der Waals surface area (Å²) in [5.74, 6) is 0.392. The molecule has 0 radical (unpaired) electrons. The van der Waals surface area contributed by atoms with Crippen LogP contribution in [0.25, 0.3) is 0 Å². The van der Waals surface area contributed by atoms with Crippen molar-refractivity contribution in [1.29, 1.82) is 5.26 Å². The zero-order valence-electron chi connectivity index (χ0n) is 16.0. The van der Waals surface area contributed by atoms with Crippen LogP contribution in [-0.2, 0) is 4.79 Å². The number of thioether (sulfide) groups is 1. The molecular formula is C20H19N5O2S2. The van der Waals surface area contributed by atoms with Gasteiger partial charge in [-0.2, -0.15) is 5.26 Å². The average molecular weight is 426 g/mol. The van der Waals surface area contributed by atoms with E-state index >= 15 is 0 Å². The standard InChI is InChI=1S/C20H19N5O2S2/c1-27-15-9-4-3-6-11(15)16-12(10-21)18(22)25(19-23-24-20(28-2)29-19)13-7-5-8-14(26)17(13)16/h3-4,6,9,16H,5,7-8,22H2,1-2H3. The molecule has 1 aromatic heterocycles. The first-order valence-electron chi connectivity index (χ1n) is 9.07. The zero-order valence-corrected chi connectivity index (χ0v) is 17.6. The van der Waals surface area contributed by atoms with Crippen LogP contribution in [0.3, 0.4) is 0 Å². The van der Waals surface area contributed by atoms with E-state index in [-0.39, 0.29) is 5.78 Å². The molecule has 7 nitrogen and oxygen atoms in total. The third-order valence-electron chi connectivity index (χ3n) is 5.12. The molecule has 0 saturated heterocycles. The molecule has 4 rings (SSSR count). The predicted molar refractivity (Wildman–Crippen MR) is 113 cm³/mol. The molecule has 148 valence electrons. The first-order valence-corrected chi connectivity index (χ1v) is 11.1. The molecule has 9 heteroatoms. The third kappa shape index (κ3) is 3.18. The molecule has 0 bridgehead atoms. The fourth-order valence-electron chi connectivity index (χ4n) is 3.90. The number of benzene rings is 1. The molecular weight excluding hydrogens is 406 g/mol. The zero-order chi connectivity index (χ0) is 20.5. The Morgan fingerprint density at radius 1 is 1.34 bits per heavy atom. The predicted octanol–water partition coefficient (Wildman–Crippen LogP) is 3.57. The van der Waals surface area contributed by atoms with Crippen LogP contribution in [0, 0.1) is 11.3 Å². The topological polar surface area (TPSA) is 105 Å². The molecule has 1 aliphatic heterocycles. The lowest BCUT2D eigenvalue weighted by atomic mass is 9.75. The second-order valence-electron chi connectivity index (χ2n) is 6.61. The van der Waals surface area contributed by atoms with Crippen LogP contribution < -0.4 is 15.4 Å². The van der Waals surface area contributed by atoms with E-state index in [1.54, 1.807) is 12.0 Å². The number of carbonyl (C=O) groups excluding carboxylic acids is 1. The van der Waals surface area contributed by atoms with Gasteiger partial charge in [-0.05, 0) is 25.2 Å². The van der Waals surface area contributed by atoms with Crippen LogP contribution in [0.1, 0.15) is 30.7 Å². The Bertz CT molecular complexity index is 1080. The number of nitrogens with two attached hydrogens (primary N) is 1. The van der Waals surface area contributed by atoms with E-state index in [1.807, 2.05) is 30.5 Å². The summed E-state index contributed by atoms with van der Waals surface area (Å²) in [4.78, 5) is 14.8. The number of allylic oxidation sites excluding steroid dienone is 3. The van der Waals surface area contributed by atoms with Gasteiger partial charge in [-0.3, -0.25) is 9.69 Å². The van der Waals surface area contributed by atoms with Crippen molar-refractivity contribution in [1.82, 2.24) is 10.2 Å². The fourth-order valence-corrected chi connectivity index (χ4v) is 5.19. The maximum absolute atomic E-state index is 13.1. The molecule has 1 aliphatic carbocycles. The summed E-state index contributed by atoms with van der Waals surface area (Å²) < 4.78 is 6.32. The van der Waals surface area contributed by atoms with Gasteiger partial charge in [0, 0.05) is 23.3 Å². The average Bonchev–Trinajstić information content (AvgIpc) is 3.21. The number of ketones is 1. The van der Waals surface area contributed by atoms with Crippen molar-refractivity contribution in [2.45, 2.75) is 29.5 Å². The number of ether oxygens (including phenoxy) is 1. The number of anilines is 1. The van der Waals surface area contributed by atoms with Crippen molar-refractivity contribution < 1.29 is 9.53 Å². The van der Waals surface area contributed by atoms with E-state index in [0.717, 1.165) is 22.0 Å². The highest BCUT2D eigenvalue weighted by atomic mass is 32.2. The Morgan fingerprint density at radius 3 is 2.83 bits per heavy atom. The molecule has 0 saturated carbocycles. The number of nitrogens with zero attached hydrogens (tertiary/aromatic N) is 4. The van der Waals surface area contributed by atoms with Gasteiger partial charge in [-0.15, -0.1) is 10.2 Å². The molecule has 2 aliphatic rings. The Balaban J connectivity index is 1.97. The van der Waals surface area contributed by atoms with Crippen LogP contribution in [0.5, 0.6) is 5.75 Å². The highest BCUT2D eigenvalue weighted by Gasteiger charge is 2.42. The summed E-state index contributed by atoms with van der Waals surface area (Å²) >= 11 is 2.88. The van der Waals surface area contributed by atoms with Gasteiger partial charge in [-0.1, -0.05) is 41.3 Å². The molecule has 1 atom stereocenters. The van der Waals surface area contributed by atoms with Crippen LogP contribution in [0.4, 0.5) is 5.13 Å². The summed E-state index contributed by atoms with van der Waals surface area (Å²) in [5, 5.41) is 19.0. The minimum atomic E-state index is -0.553. The molecule has 2 aromatic rings.